The first-order valence-electron chi connectivity index (χ1n) is 8.42. The van der Waals surface area contributed by atoms with E-state index in [-0.39, 0.29) is 18.2 Å². The molecule has 6 nitrogen and oxygen atoms in total. The number of thiol groups is 1. The summed E-state index contributed by atoms with van der Waals surface area (Å²) in [6.45, 7) is 2.30. The predicted octanol–water partition coefficient (Wildman–Crippen LogP) is 1.36. The summed E-state index contributed by atoms with van der Waals surface area (Å²) in [4.78, 5) is 38.0. The SMILES string of the molecule is CC(CS)C(=O)N1CCCC1C(=O)NC(Cc1ccccc1)C(=O)O. The smallest absolute Gasteiger partial charge is 0.326 e. The van der Waals surface area contributed by atoms with Crippen LogP contribution in [0, 0.1) is 5.92 Å². The average molecular weight is 364 g/mol. The van der Waals surface area contributed by atoms with E-state index in [2.05, 4.69) is 17.9 Å². The molecule has 0 bridgehead atoms. The normalized spacial score (nSPS) is 19.3. The fourth-order valence-electron chi connectivity index (χ4n) is 2.98. The van der Waals surface area contributed by atoms with Crippen molar-refractivity contribution in [1.29, 1.82) is 0 Å². The van der Waals surface area contributed by atoms with Crippen LogP contribution in [0.25, 0.3) is 0 Å². The van der Waals surface area contributed by atoms with Gasteiger partial charge in [0.2, 0.25) is 11.8 Å². The maximum absolute atomic E-state index is 12.6. The van der Waals surface area contributed by atoms with Crippen LogP contribution in [0.15, 0.2) is 30.3 Å². The van der Waals surface area contributed by atoms with Crippen molar-refractivity contribution in [3.8, 4) is 0 Å². The molecule has 3 unspecified atom stereocenters. The molecule has 1 aliphatic heterocycles. The molecule has 1 heterocycles. The Morgan fingerprint density at radius 3 is 2.60 bits per heavy atom. The summed E-state index contributed by atoms with van der Waals surface area (Å²) in [5, 5.41) is 12.0. The van der Waals surface area contributed by atoms with Crippen LogP contribution in [-0.2, 0) is 20.8 Å². The minimum Gasteiger partial charge on any atom is -0.480 e. The van der Waals surface area contributed by atoms with E-state index in [1.165, 1.54) is 0 Å². The zero-order valence-electron chi connectivity index (χ0n) is 14.2. The zero-order valence-corrected chi connectivity index (χ0v) is 15.1. The number of nitrogens with zero attached hydrogens (tertiary/aromatic N) is 1. The van der Waals surface area contributed by atoms with Gasteiger partial charge in [-0.05, 0) is 18.4 Å². The van der Waals surface area contributed by atoms with Crippen molar-refractivity contribution < 1.29 is 19.5 Å². The molecule has 7 heteroatoms. The lowest BCUT2D eigenvalue weighted by molar-refractivity contribution is -0.144. The number of carbonyl (C=O) groups excluding carboxylic acids is 2. The minimum absolute atomic E-state index is 0.109. The van der Waals surface area contributed by atoms with Gasteiger partial charge in [-0.2, -0.15) is 12.6 Å². The summed E-state index contributed by atoms with van der Waals surface area (Å²) in [5.41, 5.74) is 0.832. The number of carboxylic acids is 1. The highest BCUT2D eigenvalue weighted by atomic mass is 32.1. The van der Waals surface area contributed by atoms with Crippen molar-refractivity contribution in [2.45, 2.75) is 38.3 Å². The highest BCUT2D eigenvalue weighted by molar-refractivity contribution is 7.80. The first-order chi connectivity index (χ1) is 11.9. The van der Waals surface area contributed by atoms with E-state index >= 15 is 0 Å². The molecule has 0 spiro atoms. The van der Waals surface area contributed by atoms with E-state index in [0.29, 0.717) is 18.7 Å². The lowest BCUT2D eigenvalue weighted by atomic mass is 10.1. The topological polar surface area (TPSA) is 86.7 Å². The van der Waals surface area contributed by atoms with Gasteiger partial charge in [0.05, 0.1) is 0 Å². The van der Waals surface area contributed by atoms with Crippen LogP contribution >= 0.6 is 12.6 Å². The van der Waals surface area contributed by atoms with Crippen LogP contribution in [-0.4, -0.2) is 52.2 Å². The van der Waals surface area contributed by atoms with Gasteiger partial charge in [-0.25, -0.2) is 4.79 Å². The number of carbonyl (C=O) groups is 3. The Morgan fingerprint density at radius 1 is 1.32 bits per heavy atom. The summed E-state index contributed by atoms with van der Waals surface area (Å²) >= 11 is 4.14. The van der Waals surface area contributed by atoms with E-state index in [0.717, 1.165) is 12.0 Å². The molecule has 1 fully saturated rings. The van der Waals surface area contributed by atoms with Gasteiger partial charge in [-0.3, -0.25) is 9.59 Å². The third-order valence-electron chi connectivity index (χ3n) is 4.43. The van der Waals surface area contributed by atoms with E-state index < -0.39 is 24.0 Å². The molecule has 2 rings (SSSR count). The van der Waals surface area contributed by atoms with Crippen molar-refractivity contribution in [1.82, 2.24) is 10.2 Å². The van der Waals surface area contributed by atoms with Gasteiger partial charge in [0.25, 0.3) is 0 Å². The van der Waals surface area contributed by atoms with Crippen molar-refractivity contribution in [3.05, 3.63) is 35.9 Å². The number of benzene rings is 1. The van der Waals surface area contributed by atoms with Crippen LogP contribution in [0.4, 0.5) is 0 Å². The molecule has 1 aliphatic rings. The number of aliphatic carboxylic acids is 1. The average Bonchev–Trinajstić information content (AvgIpc) is 3.10. The number of likely N-dealkylation sites (tertiary alicyclic amines) is 1. The van der Waals surface area contributed by atoms with Gasteiger partial charge in [-0.15, -0.1) is 0 Å². The number of hydrogen-bond donors (Lipinski definition) is 3. The summed E-state index contributed by atoms with van der Waals surface area (Å²) in [5.74, 6) is -1.45. The van der Waals surface area contributed by atoms with Gasteiger partial charge in [0.1, 0.15) is 12.1 Å². The van der Waals surface area contributed by atoms with Gasteiger partial charge in [0.15, 0.2) is 0 Å². The molecule has 0 saturated carbocycles. The summed E-state index contributed by atoms with van der Waals surface area (Å²) in [6, 6.07) is 7.52. The first kappa shape index (κ1) is 19.3. The molecule has 0 aromatic heterocycles. The number of nitrogens with one attached hydrogen (secondary N) is 1. The van der Waals surface area contributed by atoms with Gasteiger partial charge >= 0.3 is 5.97 Å². The van der Waals surface area contributed by atoms with E-state index in [1.54, 1.807) is 11.8 Å². The first-order valence-corrected chi connectivity index (χ1v) is 9.05. The third-order valence-corrected chi connectivity index (χ3v) is 4.98. The van der Waals surface area contributed by atoms with Crippen LogP contribution in [0.3, 0.4) is 0 Å². The molecule has 25 heavy (non-hydrogen) atoms. The number of hydrogen-bond acceptors (Lipinski definition) is 4. The monoisotopic (exact) mass is 364 g/mol. The fraction of sp³-hybridized carbons (Fsp3) is 0.500. The summed E-state index contributed by atoms with van der Waals surface area (Å²) in [6.07, 6.45) is 1.49. The zero-order chi connectivity index (χ0) is 18.4. The molecule has 136 valence electrons. The molecular weight excluding hydrogens is 340 g/mol. The Morgan fingerprint density at radius 2 is 2.00 bits per heavy atom. The Balaban J connectivity index is 2.04. The Labute approximate surface area is 153 Å². The van der Waals surface area contributed by atoms with Crippen molar-refractivity contribution in [2.24, 2.45) is 5.92 Å². The van der Waals surface area contributed by atoms with E-state index in [1.807, 2.05) is 30.3 Å². The van der Waals surface area contributed by atoms with Crippen molar-refractivity contribution in [3.63, 3.8) is 0 Å². The second-order valence-corrected chi connectivity index (χ2v) is 6.73. The fourth-order valence-corrected chi connectivity index (χ4v) is 3.14. The molecule has 2 amide bonds. The van der Waals surface area contributed by atoms with Gasteiger partial charge < -0.3 is 15.3 Å². The minimum atomic E-state index is -1.09. The predicted molar refractivity (Wildman–Crippen MR) is 97.5 cm³/mol. The van der Waals surface area contributed by atoms with Crippen LogP contribution < -0.4 is 5.32 Å². The van der Waals surface area contributed by atoms with Crippen molar-refractivity contribution >= 4 is 30.4 Å². The van der Waals surface area contributed by atoms with Crippen molar-refractivity contribution in [2.75, 3.05) is 12.3 Å². The quantitative estimate of drug-likeness (QED) is 0.638. The Hall–Kier alpha value is -2.02. The van der Waals surface area contributed by atoms with E-state index in [4.69, 9.17) is 0 Å². The number of amides is 2. The summed E-state index contributed by atoms with van der Waals surface area (Å²) < 4.78 is 0. The second-order valence-electron chi connectivity index (χ2n) is 6.36. The lowest BCUT2D eigenvalue weighted by Crippen LogP contribution is -2.52. The molecule has 1 aromatic carbocycles. The second kappa shape index (κ2) is 8.89. The third kappa shape index (κ3) is 4.98. The molecular formula is C18H24N2O4S. The maximum atomic E-state index is 12.6. The van der Waals surface area contributed by atoms with Gasteiger partial charge in [-0.1, -0.05) is 37.3 Å². The van der Waals surface area contributed by atoms with Gasteiger partial charge in [0, 0.05) is 24.6 Å². The van der Waals surface area contributed by atoms with Crippen LogP contribution in [0.1, 0.15) is 25.3 Å². The van der Waals surface area contributed by atoms with E-state index in [9.17, 15) is 19.5 Å². The molecule has 1 saturated heterocycles. The van der Waals surface area contributed by atoms with Crippen LogP contribution in [0.2, 0.25) is 0 Å². The summed E-state index contributed by atoms with van der Waals surface area (Å²) in [7, 11) is 0. The molecule has 0 aliphatic carbocycles. The molecule has 0 radical (unpaired) electrons. The largest absolute Gasteiger partial charge is 0.480 e. The Bertz CT molecular complexity index is 623. The lowest BCUT2D eigenvalue weighted by Gasteiger charge is -2.27. The van der Waals surface area contributed by atoms with Crippen LogP contribution in [0.5, 0.6) is 0 Å². The number of carboxylic acid groups (broad SMARTS) is 1. The maximum Gasteiger partial charge on any atom is 0.326 e. The molecule has 3 atom stereocenters. The molecule has 2 N–H and O–H groups in total. The molecule has 1 aromatic rings. The highest BCUT2D eigenvalue weighted by Crippen LogP contribution is 2.21. The standard InChI is InChI=1S/C18H24N2O4S/c1-12(11-25)17(22)20-9-5-8-15(20)16(21)19-14(18(23)24)10-13-6-3-2-4-7-13/h2-4,6-7,12,14-15,25H,5,8-11H2,1H3,(H,19,21)(H,23,24). The highest BCUT2D eigenvalue weighted by Gasteiger charge is 2.37. The Kier molecular flexibility index (Phi) is 6.87. The number of rotatable bonds is 7.